The van der Waals surface area contributed by atoms with Gasteiger partial charge in [0.05, 0.1) is 19.1 Å². The molecule has 0 aliphatic carbocycles. The van der Waals surface area contributed by atoms with Gasteiger partial charge in [-0.1, -0.05) is 12.1 Å². The van der Waals surface area contributed by atoms with Crippen LogP contribution in [0.2, 0.25) is 0 Å². The fraction of sp³-hybridized carbons (Fsp3) is 0.316. The Labute approximate surface area is 157 Å². The van der Waals surface area contributed by atoms with E-state index < -0.39 is 11.0 Å². The number of rotatable bonds is 8. The molecule has 0 spiro atoms. The molecule has 1 amide bonds. The van der Waals surface area contributed by atoms with Crippen molar-refractivity contribution >= 4 is 11.6 Å². The van der Waals surface area contributed by atoms with Crippen molar-refractivity contribution in [3.63, 3.8) is 0 Å². The lowest BCUT2D eigenvalue weighted by Gasteiger charge is -2.15. The second-order valence-corrected chi connectivity index (χ2v) is 5.90. The summed E-state index contributed by atoms with van der Waals surface area (Å²) in [6, 6.07) is 9.90. The second-order valence-electron chi connectivity index (χ2n) is 5.90. The number of ether oxygens (including phenoxy) is 3. The lowest BCUT2D eigenvalue weighted by Crippen LogP contribution is -2.36. The molecule has 0 aliphatic rings. The maximum absolute atomic E-state index is 12.3. The zero-order valence-corrected chi connectivity index (χ0v) is 15.6. The molecule has 2 aromatic rings. The smallest absolute Gasteiger partial charge is 0.311 e. The lowest BCUT2D eigenvalue weighted by molar-refractivity contribution is -0.386. The van der Waals surface area contributed by atoms with E-state index in [1.165, 1.54) is 26.2 Å². The first-order chi connectivity index (χ1) is 12.8. The summed E-state index contributed by atoms with van der Waals surface area (Å²) in [6.07, 6.45) is -0.897. The Bertz CT molecular complexity index is 837. The molecular weight excluding hydrogens is 352 g/mol. The molecule has 0 heterocycles. The standard InChI is InChI=1S/C19H22N2O6/c1-12-5-7-16(15(9-12)21(23)24)27-13(2)19(22)20-11-14-6-8-17(25-3)18(10-14)26-4/h5-10,13H,11H2,1-4H3,(H,20,22)/t13-/m1/s1. The predicted octanol–water partition coefficient (Wildman–Crippen LogP) is 3.00. The largest absolute Gasteiger partial charge is 0.493 e. The number of nitro benzene ring substituents is 1. The van der Waals surface area contributed by atoms with Crippen molar-refractivity contribution in [1.29, 1.82) is 0 Å². The maximum Gasteiger partial charge on any atom is 0.311 e. The number of benzene rings is 2. The van der Waals surface area contributed by atoms with Gasteiger partial charge in [0.15, 0.2) is 23.4 Å². The summed E-state index contributed by atoms with van der Waals surface area (Å²) >= 11 is 0. The SMILES string of the molecule is COc1ccc(CNC(=O)[C@@H](C)Oc2ccc(C)cc2[N+](=O)[O-])cc1OC. The summed E-state index contributed by atoms with van der Waals surface area (Å²) in [6.45, 7) is 3.53. The summed E-state index contributed by atoms with van der Waals surface area (Å²) in [5.41, 5.74) is 1.38. The Balaban J connectivity index is 2.01. The molecule has 2 aromatic carbocycles. The van der Waals surface area contributed by atoms with E-state index in [2.05, 4.69) is 5.32 Å². The van der Waals surface area contributed by atoms with Gasteiger partial charge in [-0.3, -0.25) is 14.9 Å². The van der Waals surface area contributed by atoms with Crippen molar-refractivity contribution in [3.05, 3.63) is 57.6 Å². The molecule has 0 unspecified atom stereocenters. The second kappa shape index (κ2) is 8.88. The van der Waals surface area contributed by atoms with Crippen LogP contribution in [0.4, 0.5) is 5.69 Å². The third kappa shape index (κ3) is 5.10. The first-order valence-corrected chi connectivity index (χ1v) is 8.26. The van der Waals surface area contributed by atoms with E-state index in [9.17, 15) is 14.9 Å². The number of hydrogen-bond donors (Lipinski definition) is 1. The number of carbonyl (C=O) groups is 1. The molecule has 0 aliphatic heterocycles. The van der Waals surface area contributed by atoms with Crippen LogP contribution in [0.25, 0.3) is 0 Å². The van der Waals surface area contributed by atoms with Crippen molar-refractivity contribution in [3.8, 4) is 17.2 Å². The van der Waals surface area contributed by atoms with Crippen molar-refractivity contribution < 1.29 is 23.9 Å². The third-order valence-electron chi connectivity index (χ3n) is 3.90. The van der Waals surface area contributed by atoms with E-state index in [0.29, 0.717) is 11.5 Å². The first-order valence-electron chi connectivity index (χ1n) is 8.26. The van der Waals surface area contributed by atoms with Crippen LogP contribution >= 0.6 is 0 Å². The van der Waals surface area contributed by atoms with Gasteiger partial charge < -0.3 is 19.5 Å². The average molecular weight is 374 g/mol. The van der Waals surface area contributed by atoms with Crippen molar-refractivity contribution in [2.24, 2.45) is 0 Å². The maximum atomic E-state index is 12.3. The van der Waals surface area contributed by atoms with Crippen molar-refractivity contribution in [1.82, 2.24) is 5.32 Å². The molecule has 0 aromatic heterocycles. The van der Waals surface area contributed by atoms with Gasteiger partial charge in [-0.25, -0.2) is 0 Å². The Hall–Kier alpha value is -3.29. The zero-order valence-electron chi connectivity index (χ0n) is 15.6. The number of nitrogens with zero attached hydrogens (tertiary/aromatic N) is 1. The normalized spacial score (nSPS) is 11.4. The van der Waals surface area contributed by atoms with E-state index >= 15 is 0 Å². The average Bonchev–Trinajstić information content (AvgIpc) is 2.66. The highest BCUT2D eigenvalue weighted by Crippen LogP contribution is 2.29. The molecule has 1 N–H and O–H groups in total. The monoisotopic (exact) mass is 374 g/mol. The summed E-state index contributed by atoms with van der Waals surface area (Å²) in [5.74, 6) is 0.818. The first kappa shape index (κ1) is 20.0. The minimum atomic E-state index is -0.897. The Morgan fingerprint density at radius 3 is 2.41 bits per heavy atom. The molecule has 2 rings (SSSR count). The topological polar surface area (TPSA) is 99.9 Å². The van der Waals surface area contributed by atoms with Gasteiger partial charge in [0.25, 0.3) is 5.91 Å². The van der Waals surface area contributed by atoms with Gasteiger partial charge in [0.2, 0.25) is 0 Å². The molecule has 27 heavy (non-hydrogen) atoms. The summed E-state index contributed by atoms with van der Waals surface area (Å²) in [7, 11) is 3.08. The van der Waals surface area contributed by atoms with Crippen molar-refractivity contribution in [2.75, 3.05) is 14.2 Å². The highest BCUT2D eigenvalue weighted by Gasteiger charge is 2.21. The highest BCUT2D eigenvalue weighted by molar-refractivity contribution is 5.80. The molecular formula is C19H22N2O6. The molecule has 0 saturated heterocycles. The minimum absolute atomic E-state index is 0.0550. The van der Waals surface area contributed by atoms with Gasteiger partial charge in [-0.05, 0) is 43.2 Å². The van der Waals surface area contributed by atoms with E-state index in [1.54, 1.807) is 38.3 Å². The summed E-state index contributed by atoms with van der Waals surface area (Å²) < 4.78 is 15.9. The van der Waals surface area contributed by atoms with Gasteiger partial charge in [-0.15, -0.1) is 0 Å². The molecule has 0 fully saturated rings. The van der Waals surface area contributed by atoms with Crippen LogP contribution in [0.1, 0.15) is 18.1 Å². The van der Waals surface area contributed by atoms with Crippen LogP contribution in [0.5, 0.6) is 17.2 Å². The van der Waals surface area contributed by atoms with Crippen LogP contribution in [-0.2, 0) is 11.3 Å². The Kier molecular flexibility index (Phi) is 6.59. The van der Waals surface area contributed by atoms with E-state index in [4.69, 9.17) is 14.2 Å². The summed E-state index contributed by atoms with van der Waals surface area (Å²) in [4.78, 5) is 22.9. The lowest BCUT2D eigenvalue weighted by atomic mass is 10.2. The Morgan fingerprint density at radius 1 is 1.11 bits per heavy atom. The molecule has 0 saturated carbocycles. The highest BCUT2D eigenvalue weighted by atomic mass is 16.6. The van der Waals surface area contributed by atoms with Crippen LogP contribution in [0.3, 0.4) is 0 Å². The Morgan fingerprint density at radius 2 is 1.78 bits per heavy atom. The van der Waals surface area contributed by atoms with Gasteiger partial charge in [-0.2, -0.15) is 0 Å². The fourth-order valence-corrected chi connectivity index (χ4v) is 2.44. The number of hydrogen-bond acceptors (Lipinski definition) is 6. The van der Waals surface area contributed by atoms with Gasteiger partial charge in [0, 0.05) is 12.6 Å². The van der Waals surface area contributed by atoms with E-state index in [1.807, 2.05) is 0 Å². The minimum Gasteiger partial charge on any atom is -0.493 e. The number of amides is 1. The van der Waals surface area contributed by atoms with E-state index in [0.717, 1.165) is 11.1 Å². The molecule has 1 atom stereocenters. The molecule has 144 valence electrons. The quantitative estimate of drug-likeness (QED) is 0.563. The van der Waals surface area contributed by atoms with Crippen LogP contribution in [0, 0.1) is 17.0 Å². The van der Waals surface area contributed by atoms with Gasteiger partial charge >= 0.3 is 5.69 Å². The van der Waals surface area contributed by atoms with Crippen LogP contribution in [-0.4, -0.2) is 31.2 Å². The molecule has 0 radical (unpaired) electrons. The van der Waals surface area contributed by atoms with Crippen molar-refractivity contribution in [2.45, 2.75) is 26.5 Å². The number of nitro groups is 1. The molecule has 8 heteroatoms. The van der Waals surface area contributed by atoms with E-state index in [-0.39, 0.29) is 23.9 Å². The summed E-state index contributed by atoms with van der Waals surface area (Å²) in [5, 5.41) is 13.9. The molecule has 0 bridgehead atoms. The number of carbonyl (C=O) groups excluding carboxylic acids is 1. The van der Waals surface area contributed by atoms with Crippen LogP contribution in [0.15, 0.2) is 36.4 Å². The van der Waals surface area contributed by atoms with Gasteiger partial charge in [0.1, 0.15) is 0 Å². The number of methoxy groups -OCH3 is 2. The predicted molar refractivity (Wildman–Crippen MR) is 99.3 cm³/mol. The van der Waals surface area contributed by atoms with Crippen LogP contribution < -0.4 is 19.5 Å². The number of aryl methyl sites for hydroxylation is 1. The molecule has 8 nitrogen and oxygen atoms in total. The third-order valence-corrected chi connectivity index (χ3v) is 3.90. The fourth-order valence-electron chi connectivity index (χ4n) is 2.44. The zero-order chi connectivity index (χ0) is 20.0. The number of nitrogens with one attached hydrogen (secondary N) is 1.